The molecule has 250 valence electrons. The lowest BCUT2D eigenvalue weighted by molar-refractivity contribution is -0.147. The van der Waals surface area contributed by atoms with E-state index >= 15 is 0 Å². The van der Waals surface area contributed by atoms with Crippen LogP contribution >= 0.6 is 0 Å². The van der Waals surface area contributed by atoms with Gasteiger partial charge in [0, 0.05) is 18.2 Å². The highest BCUT2D eigenvalue weighted by molar-refractivity contribution is 7.88. The lowest BCUT2D eigenvalue weighted by atomic mass is 9.78. The van der Waals surface area contributed by atoms with Gasteiger partial charge in [-0.15, -0.1) is 0 Å². The van der Waals surface area contributed by atoms with Gasteiger partial charge in [-0.25, -0.2) is 17.5 Å². The molecule has 1 saturated heterocycles. The summed E-state index contributed by atoms with van der Waals surface area (Å²) in [5, 5.41) is 0.0394. The molecule has 1 aliphatic heterocycles. The van der Waals surface area contributed by atoms with Crippen LogP contribution in [0, 0.1) is 23.6 Å². The van der Waals surface area contributed by atoms with E-state index in [1.165, 1.54) is 19.1 Å². The van der Waals surface area contributed by atoms with Crippen molar-refractivity contribution in [1.82, 2.24) is 4.72 Å². The van der Waals surface area contributed by atoms with Gasteiger partial charge in [0.25, 0.3) is 0 Å². The van der Waals surface area contributed by atoms with Crippen molar-refractivity contribution >= 4 is 35.9 Å². The number of amides is 1. The monoisotopic (exact) mass is 678 g/mol. The molecule has 1 aliphatic rings. The number of hydrogen-bond acceptors (Lipinski definition) is 6. The van der Waals surface area contributed by atoms with Crippen molar-refractivity contribution in [1.29, 1.82) is 0 Å². The second-order valence-corrected chi connectivity index (χ2v) is 19.9. The predicted octanol–water partition coefficient (Wildman–Crippen LogP) is 6.90. The number of hydrogen-bond donors (Lipinski definition) is 1. The van der Waals surface area contributed by atoms with Crippen LogP contribution in [0.15, 0.2) is 72.8 Å². The van der Waals surface area contributed by atoms with Gasteiger partial charge in [0.05, 0.1) is 24.8 Å². The summed E-state index contributed by atoms with van der Waals surface area (Å²) in [6.07, 6.45) is 1.28. The number of nitrogens with one attached hydrogen (secondary N) is 1. The van der Waals surface area contributed by atoms with Crippen molar-refractivity contribution < 1.29 is 31.6 Å². The van der Waals surface area contributed by atoms with Gasteiger partial charge < -0.3 is 14.1 Å². The third-order valence-electron chi connectivity index (χ3n) is 8.71. The number of benzene rings is 3. The third-order valence-corrected chi connectivity index (χ3v) is 13.7. The van der Waals surface area contributed by atoms with Crippen LogP contribution in [-0.2, 0) is 24.3 Å². The van der Waals surface area contributed by atoms with Crippen molar-refractivity contribution in [3.8, 4) is 17.6 Å². The number of ether oxygens (including phenoxy) is 1. The second kappa shape index (κ2) is 14.4. The number of halogens is 1. The number of anilines is 1. The molecule has 1 heterocycles. The SMILES string of the molecule is CC(=O)O[C@@H](CCC1C(=O)N(c2ccc(C#CCNS(C)(=O)=O)cc2)C1c1ccc(O[Si](C)(C)C(C)(C)C)cc1)c1ccc(F)cc1. The van der Waals surface area contributed by atoms with Crippen molar-refractivity contribution in [3.63, 3.8) is 0 Å². The molecule has 3 atom stereocenters. The van der Waals surface area contributed by atoms with Crippen molar-refractivity contribution in [2.45, 2.75) is 70.8 Å². The molecule has 0 aliphatic carbocycles. The van der Waals surface area contributed by atoms with E-state index in [0.717, 1.165) is 17.6 Å². The maximum Gasteiger partial charge on any atom is 0.303 e. The summed E-state index contributed by atoms with van der Waals surface area (Å²) in [5.41, 5.74) is 2.99. The number of rotatable bonds is 11. The Morgan fingerprint density at radius 3 is 2.19 bits per heavy atom. The molecule has 8 nitrogen and oxygen atoms in total. The fraction of sp³-hybridized carbons (Fsp3) is 0.389. The number of sulfonamides is 1. The van der Waals surface area contributed by atoms with E-state index in [1.807, 2.05) is 36.4 Å². The molecular formula is C36H43FN2O6SSi. The zero-order chi connectivity index (χ0) is 34.6. The quantitative estimate of drug-likeness (QED) is 0.103. The molecule has 0 saturated carbocycles. The van der Waals surface area contributed by atoms with Gasteiger partial charge >= 0.3 is 5.97 Å². The molecule has 1 N–H and O–H groups in total. The number of β-lactam (4-membered cyclic amide) rings is 1. The Kier molecular flexibility index (Phi) is 11.0. The summed E-state index contributed by atoms with van der Waals surface area (Å²) in [4.78, 5) is 27.5. The molecule has 3 aromatic carbocycles. The summed E-state index contributed by atoms with van der Waals surface area (Å²) < 4.78 is 50.6. The molecule has 2 unspecified atom stereocenters. The Labute approximate surface area is 278 Å². The van der Waals surface area contributed by atoms with Crippen molar-refractivity contribution in [2.24, 2.45) is 5.92 Å². The summed E-state index contributed by atoms with van der Waals surface area (Å²) in [6.45, 7) is 12.3. The molecule has 0 aromatic heterocycles. The third kappa shape index (κ3) is 9.31. The van der Waals surface area contributed by atoms with Crippen LogP contribution < -0.4 is 14.0 Å². The van der Waals surface area contributed by atoms with Gasteiger partial charge in [0.1, 0.15) is 17.7 Å². The van der Waals surface area contributed by atoms with Gasteiger partial charge in [-0.05, 0) is 90.6 Å². The lowest BCUT2D eigenvalue weighted by Gasteiger charge is -2.48. The van der Waals surface area contributed by atoms with Gasteiger partial charge in [0.15, 0.2) is 0 Å². The zero-order valence-corrected chi connectivity index (χ0v) is 29.8. The molecule has 0 radical (unpaired) electrons. The van der Waals surface area contributed by atoms with Crippen LogP contribution in [0.5, 0.6) is 5.75 Å². The fourth-order valence-electron chi connectivity index (χ4n) is 5.20. The standard InChI is InChI=1S/C36H43FN2O6SSi/c1-25(40)44-33(27-12-16-29(37)17-13-27)23-22-32-34(28-14-20-31(21-15-28)45-47(6,7)36(2,3)4)39(35(32)41)30-18-10-26(11-19-30)9-8-24-38-46(5,42)43/h10-21,32-34,38H,22-24H2,1-7H3/t32?,33-,34?/m0/s1. The van der Waals surface area contributed by atoms with E-state index in [9.17, 15) is 22.4 Å². The second-order valence-electron chi connectivity index (χ2n) is 13.4. The Hall–Kier alpha value is -3.98. The minimum Gasteiger partial charge on any atom is -0.544 e. The summed E-state index contributed by atoms with van der Waals surface area (Å²) in [5.74, 6) is 5.21. The molecule has 4 rings (SSSR count). The molecular weight excluding hydrogens is 636 g/mol. The van der Waals surface area contributed by atoms with Crippen molar-refractivity contribution in [2.75, 3.05) is 17.7 Å². The van der Waals surface area contributed by atoms with Gasteiger partial charge in [-0.3, -0.25) is 9.59 Å². The number of nitrogens with zero attached hydrogens (tertiary/aromatic N) is 1. The maximum absolute atomic E-state index is 13.8. The topological polar surface area (TPSA) is 102 Å². The van der Waals surface area contributed by atoms with E-state index in [-0.39, 0.29) is 35.3 Å². The van der Waals surface area contributed by atoms with Crippen molar-refractivity contribution in [3.05, 3.63) is 95.3 Å². The normalized spacial score (nSPS) is 17.3. The first-order valence-corrected chi connectivity index (χ1v) is 20.3. The Morgan fingerprint density at radius 2 is 1.64 bits per heavy atom. The highest BCUT2D eigenvalue weighted by Crippen LogP contribution is 2.47. The number of esters is 1. The first-order chi connectivity index (χ1) is 21.9. The minimum absolute atomic E-state index is 0.00363. The minimum atomic E-state index is -3.33. The smallest absolute Gasteiger partial charge is 0.303 e. The van der Waals surface area contributed by atoms with Gasteiger partial charge in [-0.1, -0.05) is 56.9 Å². The number of carbonyl (C=O) groups excluding carboxylic acids is 2. The Morgan fingerprint density at radius 1 is 1.02 bits per heavy atom. The molecule has 1 fully saturated rings. The molecule has 47 heavy (non-hydrogen) atoms. The molecule has 11 heteroatoms. The fourth-order valence-corrected chi connectivity index (χ4v) is 6.57. The summed E-state index contributed by atoms with van der Waals surface area (Å²) >= 11 is 0. The summed E-state index contributed by atoms with van der Waals surface area (Å²) in [7, 11) is -5.38. The van der Waals surface area contributed by atoms with Crippen LogP contribution in [-0.4, -0.2) is 41.4 Å². The van der Waals surface area contributed by atoms with Crippen LogP contribution in [0.4, 0.5) is 10.1 Å². The predicted molar refractivity (Wildman–Crippen MR) is 184 cm³/mol. The van der Waals surface area contributed by atoms with E-state index in [2.05, 4.69) is 50.4 Å². The Bertz CT molecular complexity index is 1740. The van der Waals surface area contributed by atoms with E-state index in [1.54, 1.807) is 29.2 Å². The van der Waals surface area contributed by atoms with Crippen LogP contribution in [0.25, 0.3) is 0 Å². The number of carbonyl (C=O) groups is 2. The molecule has 1 amide bonds. The maximum atomic E-state index is 13.8. The van der Waals surface area contributed by atoms with E-state index in [0.29, 0.717) is 29.7 Å². The van der Waals surface area contributed by atoms with Crippen LogP contribution in [0.3, 0.4) is 0 Å². The van der Waals surface area contributed by atoms with E-state index < -0.39 is 30.4 Å². The van der Waals surface area contributed by atoms with Gasteiger partial charge in [-0.2, -0.15) is 0 Å². The zero-order valence-electron chi connectivity index (χ0n) is 28.0. The highest BCUT2D eigenvalue weighted by Gasteiger charge is 2.48. The van der Waals surface area contributed by atoms with Gasteiger partial charge in [0.2, 0.25) is 24.2 Å². The highest BCUT2D eigenvalue weighted by atomic mass is 32.2. The van der Waals surface area contributed by atoms with Crippen LogP contribution in [0.1, 0.15) is 69.4 Å². The summed E-state index contributed by atoms with van der Waals surface area (Å²) in [6, 6.07) is 20.7. The Balaban J connectivity index is 1.59. The molecule has 3 aromatic rings. The largest absolute Gasteiger partial charge is 0.544 e. The van der Waals surface area contributed by atoms with E-state index in [4.69, 9.17) is 9.16 Å². The molecule has 0 spiro atoms. The average molecular weight is 679 g/mol. The van der Waals surface area contributed by atoms with Crippen LogP contribution in [0.2, 0.25) is 18.1 Å². The first kappa shape index (κ1) is 35.9. The lowest BCUT2D eigenvalue weighted by Crippen LogP contribution is -2.55. The first-order valence-electron chi connectivity index (χ1n) is 15.5. The average Bonchev–Trinajstić information content (AvgIpc) is 2.98. The molecule has 0 bridgehead atoms.